The molecule has 0 aromatic heterocycles. The maximum Gasteiger partial charge on any atom is 0.259 e. The smallest absolute Gasteiger partial charge is 0.259 e. The molecule has 2 aromatic carbocycles. The van der Waals surface area contributed by atoms with Crippen LogP contribution >= 0.6 is 15.9 Å². The highest BCUT2D eigenvalue weighted by Gasteiger charge is 2.20. The normalized spacial score (nSPS) is 10.9. The minimum Gasteiger partial charge on any atom is -0.496 e. The van der Waals surface area contributed by atoms with E-state index >= 15 is 0 Å². The van der Waals surface area contributed by atoms with Gasteiger partial charge in [-0.05, 0) is 51.1 Å². The third kappa shape index (κ3) is 5.06. The van der Waals surface area contributed by atoms with Crippen LogP contribution in [0.1, 0.15) is 41.5 Å². The molecule has 2 amide bonds. The third-order valence-corrected chi connectivity index (χ3v) is 3.81. The van der Waals surface area contributed by atoms with Crippen molar-refractivity contribution >= 4 is 33.4 Å². The molecule has 0 spiro atoms. The van der Waals surface area contributed by atoms with Gasteiger partial charge in [-0.15, -0.1) is 0 Å². The monoisotopic (exact) mass is 404 g/mol. The fourth-order valence-electron chi connectivity index (χ4n) is 2.25. The summed E-state index contributed by atoms with van der Waals surface area (Å²) in [4.78, 5) is 25.1. The molecule has 2 N–H and O–H groups in total. The fraction of sp³-hybridized carbons (Fsp3) is 0.263. The highest BCUT2D eigenvalue weighted by molar-refractivity contribution is 9.10. The van der Waals surface area contributed by atoms with Crippen molar-refractivity contribution in [3.8, 4) is 5.75 Å². The van der Waals surface area contributed by atoms with Gasteiger partial charge in [0.25, 0.3) is 11.8 Å². The van der Waals surface area contributed by atoms with E-state index in [1.165, 1.54) is 7.11 Å². The van der Waals surface area contributed by atoms with Crippen molar-refractivity contribution in [2.75, 3.05) is 12.4 Å². The quantitative estimate of drug-likeness (QED) is 0.800. The first-order valence-electron chi connectivity index (χ1n) is 7.77. The first-order valence-corrected chi connectivity index (χ1v) is 8.57. The third-order valence-electron chi connectivity index (χ3n) is 3.31. The van der Waals surface area contributed by atoms with Gasteiger partial charge >= 0.3 is 0 Å². The van der Waals surface area contributed by atoms with E-state index in [1.807, 2.05) is 20.8 Å². The van der Waals surface area contributed by atoms with Crippen molar-refractivity contribution in [2.45, 2.75) is 26.3 Å². The zero-order valence-electron chi connectivity index (χ0n) is 14.6. The number of halogens is 1. The summed E-state index contributed by atoms with van der Waals surface area (Å²) in [6.45, 7) is 5.70. The van der Waals surface area contributed by atoms with Crippen molar-refractivity contribution in [3.63, 3.8) is 0 Å². The number of hydrogen-bond acceptors (Lipinski definition) is 3. The number of para-hydroxylation sites is 1. The van der Waals surface area contributed by atoms with Crippen LogP contribution in [-0.4, -0.2) is 24.5 Å². The van der Waals surface area contributed by atoms with Crippen LogP contribution in [0.5, 0.6) is 5.75 Å². The second kappa shape index (κ2) is 7.70. The van der Waals surface area contributed by atoms with Crippen molar-refractivity contribution < 1.29 is 14.3 Å². The lowest BCUT2D eigenvalue weighted by Gasteiger charge is -2.21. The average Bonchev–Trinajstić information content (AvgIpc) is 2.53. The van der Waals surface area contributed by atoms with Gasteiger partial charge in [0, 0.05) is 10.0 Å². The van der Waals surface area contributed by atoms with Crippen LogP contribution in [0.3, 0.4) is 0 Å². The largest absolute Gasteiger partial charge is 0.496 e. The number of methoxy groups -OCH3 is 1. The molecule has 0 fully saturated rings. The van der Waals surface area contributed by atoms with E-state index in [2.05, 4.69) is 26.6 Å². The number of nitrogens with one attached hydrogen (secondary N) is 2. The van der Waals surface area contributed by atoms with E-state index in [0.29, 0.717) is 22.6 Å². The van der Waals surface area contributed by atoms with Crippen molar-refractivity contribution in [1.29, 1.82) is 0 Å². The number of anilines is 1. The summed E-state index contributed by atoms with van der Waals surface area (Å²) in [5, 5.41) is 5.69. The minimum absolute atomic E-state index is 0.246. The van der Waals surface area contributed by atoms with E-state index in [-0.39, 0.29) is 17.4 Å². The van der Waals surface area contributed by atoms with Gasteiger partial charge in [-0.1, -0.05) is 28.1 Å². The topological polar surface area (TPSA) is 67.4 Å². The number of amides is 2. The fourth-order valence-corrected chi connectivity index (χ4v) is 2.61. The summed E-state index contributed by atoms with van der Waals surface area (Å²) in [6, 6.07) is 12.1. The molecule has 5 nitrogen and oxygen atoms in total. The van der Waals surface area contributed by atoms with Gasteiger partial charge in [-0.25, -0.2) is 0 Å². The molecule has 0 aliphatic heterocycles. The summed E-state index contributed by atoms with van der Waals surface area (Å²) < 4.78 is 6.00. The molecule has 0 aliphatic rings. The molecule has 0 saturated carbocycles. The van der Waals surface area contributed by atoms with Gasteiger partial charge in [-0.3, -0.25) is 9.59 Å². The van der Waals surface area contributed by atoms with Crippen LogP contribution in [0.4, 0.5) is 5.69 Å². The molecule has 0 atom stereocenters. The Morgan fingerprint density at radius 3 is 2.32 bits per heavy atom. The Morgan fingerprint density at radius 2 is 1.68 bits per heavy atom. The SMILES string of the molecule is COc1ccc(Br)cc1C(=O)Nc1ccccc1C(=O)NC(C)(C)C. The highest BCUT2D eigenvalue weighted by atomic mass is 79.9. The Balaban J connectivity index is 2.31. The summed E-state index contributed by atoms with van der Waals surface area (Å²) in [7, 11) is 1.50. The maximum atomic E-state index is 12.7. The van der Waals surface area contributed by atoms with E-state index in [0.717, 1.165) is 4.47 Å². The summed E-state index contributed by atoms with van der Waals surface area (Å²) in [5.74, 6) is -0.143. The van der Waals surface area contributed by atoms with Gasteiger partial charge in [0.15, 0.2) is 0 Å². The van der Waals surface area contributed by atoms with Crippen molar-refractivity contribution in [3.05, 3.63) is 58.1 Å². The van der Waals surface area contributed by atoms with E-state index in [1.54, 1.807) is 42.5 Å². The number of carbonyl (C=O) groups excluding carboxylic acids is 2. The Labute approximate surface area is 155 Å². The maximum absolute atomic E-state index is 12.7. The predicted molar refractivity (Wildman–Crippen MR) is 102 cm³/mol. The lowest BCUT2D eigenvalue weighted by molar-refractivity contribution is 0.0920. The van der Waals surface area contributed by atoms with Crippen LogP contribution in [0, 0.1) is 0 Å². The van der Waals surface area contributed by atoms with Crippen LogP contribution in [-0.2, 0) is 0 Å². The molecular formula is C19H21BrN2O3. The summed E-state index contributed by atoms with van der Waals surface area (Å²) in [5.41, 5.74) is 0.848. The Hall–Kier alpha value is -2.34. The molecule has 0 bridgehead atoms. The summed E-state index contributed by atoms with van der Waals surface area (Å²) in [6.07, 6.45) is 0. The van der Waals surface area contributed by atoms with Gasteiger partial charge in [0.2, 0.25) is 0 Å². The Morgan fingerprint density at radius 1 is 1.00 bits per heavy atom. The van der Waals surface area contributed by atoms with Gasteiger partial charge in [0.05, 0.1) is 23.9 Å². The predicted octanol–water partition coefficient (Wildman–Crippen LogP) is 4.24. The number of rotatable bonds is 4. The molecule has 25 heavy (non-hydrogen) atoms. The second-order valence-corrected chi connectivity index (χ2v) is 7.46. The lowest BCUT2D eigenvalue weighted by Crippen LogP contribution is -2.40. The minimum atomic E-state index is -0.373. The van der Waals surface area contributed by atoms with E-state index < -0.39 is 0 Å². The number of hydrogen-bond donors (Lipinski definition) is 2. The van der Waals surface area contributed by atoms with Crippen LogP contribution < -0.4 is 15.4 Å². The van der Waals surface area contributed by atoms with E-state index in [9.17, 15) is 9.59 Å². The molecule has 0 saturated heterocycles. The molecular weight excluding hydrogens is 384 g/mol. The molecule has 2 aromatic rings. The zero-order valence-corrected chi connectivity index (χ0v) is 16.2. The molecule has 0 unspecified atom stereocenters. The number of ether oxygens (including phenoxy) is 1. The first kappa shape index (κ1) is 19.0. The molecule has 6 heteroatoms. The Bertz CT molecular complexity index is 797. The zero-order chi connectivity index (χ0) is 18.6. The highest BCUT2D eigenvalue weighted by Crippen LogP contribution is 2.25. The average molecular weight is 405 g/mol. The van der Waals surface area contributed by atoms with Crippen LogP contribution in [0.25, 0.3) is 0 Å². The standard InChI is InChI=1S/C19H21BrN2O3/c1-19(2,3)22-18(24)13-7-5-6-8-15(13)21-17(23)14-11-12(20)9-10-16(14)25-4/h5-11H,1-4H3,(H,21,23)(H,22,24). The van der Waals surface area contributed by atoms with Gasteiger partial charge in [-0.2, -0.15) is 0 Å². The Kier molecular flexibility index (Phi) is 5.85. The second-order valence-electron chi connectivity index (χ2n) is 6.55. The van der Waals surface area contributed by atoms with Gasteiger partial charge in [0.1, 0.15) is 5.75 Å². The number of benzene rings is 2. The molecule has 132 valence electrons. The molecule has 0 radical (unpaired) electrons. The number of carbonyl (C=O) groups is 2. The van der Waals surface area contributed by atoms with Crippen LogP contribution in [0.2, 0.25) is 0 Å². The first-order chi connectivity index (χ1) is 11.7. The van der Waals surface area contributed by atoms with Crippen molar-refractivity contribution in [2.24, 2.45) is 0 Å². The lowest BCUT2D eigenvalue weighted by atomic mass is 10.1. The summed E-state index contributed by atoms with van der Waals surface area (Å²) >= 11 is 3.35. The molecule has 0 aliphatic carbocycles. The van der Waals surface area contributed by atoms with Gasteiger partial charge < -0.3 is 15.4 Å². The van der Waals surface area contributed by atoms with Crippen LogP contribution in [0.15, 0.2) is 46.9 Å². The van der Waals surface area contributed by atoms with E-state index in [4.69, 9.17) is 4.74 Å². The molecule has 0 heterocycles. The van der Waals surface area contributed by atoms with Crippen molar-refractivity contribution in [1.82, 2.24) is 5.32 Å². The molecule has 2 rings (SSSR count).